The monoisotopic (exact) mass is 336 g/mol. The third kappa shape index (κ3) is 2.77. The number of carbonyl (C=O) groups is 1. The highest BCUT2D eigenvalue weighted by atomic mass is 79.9. The first-order chi connectivity index (χ1) is 9.65. The molecule has 108 valence electrons. The van der Waals surface area contributed by atoms with Gasteiger partial charge in [-0.05, 0) is 48.9 Å². The SMILES string of the molecule is CN(Cc1cccc(Br)c1)C(=O)C1NCC2CCCC21. The van der Waals surface area contributed by atoms with Crippen molar-refractivity contribution in [1.82, 2.24) is 10.2 Å². The minimum absolute atomic E-state index is 0.0413. The summed E-state index contributed by atoms with van der Waals surface area (Å²) in [6, 6.07) is 8.20. The summed E-state index contributed by atoms with van der Waals surface area (Å²) in [7, 11) is 1.91. The zero-order valence-corrected chi connectivity index (χ0v) is 13.4. The van der Waals surface area contributed by atoms with E-state index in [0.717, 1.165) is 22.5 Å². The molecule has 1 N–H and O–H groups in total. The maximum Gasteiger partial charge on any atom is 0.240 e. The van der Waals surface area contributed by atoms with E-state index in [9.17, 15) is 4.79 Å². The molecule has 20 heavy (non-hydrogen) atoms. The van der Waals surface area contributed by atoms with Crippen molar-refractivity contribution < 1.29 is 4.79 Å². The molecule has 1 aromatic carbocycles. The lowest BCUT2D eigenvalue weighted by molar-refractivity contribution is -0.133. The molecule has 1 heterocycles. The standard InChI is InChI=1S/C16H21BrN2O/c1-19(10-11-4-2-6-13(17)8-11)16(20)15-14-7-3-5-12(14)9-18-15/h2,4,6,8,12,14-15,18H,3,5,7,9-10H2,1H3. The molecule has 2 fully saturated rings. The maximum atomic E-state index is 12.6. The molecule has 1 amide bonds. The van der Waals surface area contributed by atoms with Crippen molar-refractivity contribution in [2.24, 2.45) is 11.8 Å². The van der Waals surface area contributed by atoms with Gasteiger partial charge in [0.05, 0.1) is 6.04 Å². The number of benzene rings is 1. The highest BCUT2D eigenvalue weighted by molar-refractivity contribution is 9.10. The van der Waals surface area contributed by atoms with Crippen LogP contribution in [0.15, 0.2) is 28.7 Å². The average molecular weight is 337 g/mol. The normalized spacial score (nSPS) is 28.4. The van der Waals surface area contributed by atoms with Crippen LogP contribution in [-0.4, -0.2) is 30.4 Å². The van der Waals surface area contributed by atoms with Crippen molar-refractivity contribution >= 4 is 21.8 Å². The fraction of sp³-hybridized carbons (Fsp3) is 0.562. The van der Waals surface area contributed by atoms with E-state index in [1.165, 1.54) is 19.3 Å². The average Bonchev–Trinajstić information content (AvgIpc) is 3.00. The Morgan fingerprint density at radius 3 is 3.10 bits per heavy atom. The number of carbonyl (C=O) groups excluding carboxylic acids is 1. The molecule has 0 bridgehead atoms. The maximum absolute atomic E-state index is 12.6. The van der Waals surface area contributed by atoms with E-state index in [1.807, 2.05) is 24.1 Å². The van der Waals surface area contributed by atoms with Crippen LogP contribution >= 0.6 is 15.9 Å². The molecule has 3 nitrogen and oxygen atoms in total. The van der Waals surface area contributed by atoms with Gasteiger partial charge >= 0.3 is 0 Å². The molecule has 4 heteroatoms. The van der Waals surface area contributed by atoms with Crippen LogP contribution in [0, 0.1) is 11.8 Å². The van der Waals surface area contributed by atoms with Crippen LogP contribution in [0.25, 0.3) is 0 Å². The van der Waals surface area contributed by atoms with Gasteiger partial charge in [-0.25, -0.2) is 0 Å². The van der Waals surface area contributed by atoms with E-state index in [0.29, 0.717) is 12.5 Å². The lowest BCUT2D eigenvalue weighted by Gasteiger charge is -2.24. The van der Waals surface area contributed by atoms with Gasteiger partial charge in [0.1, 0.15) is 0 Å². The third-order valence-corrected chi connectivity index (χ3v) is 5.19. The van der Waals surface area contributed by atoms with Gasteiger partial charge in [-0.3, -0.25) is 4.79 Å². The summed E-state index contributed by atoms with van der Waals surface area (Å²) in [5, 5.41) is 3.44. The molecule has 3 rings (SSSR count). The summed E-state index contributed by atoms with van der Waals surface area (Å²) in [4.78, 5) is 14.5. The molecule has 3 atom stereocenters. The molecule has 3 unspecified atom stereocenters. The van der Waals surface area contributed by atoms with Crippen molar-refractivity contribution in [2.75, 3.05) is 13.6 Å². The van der Waals surface area contributed by atoms with E-state index in [-0.39, 0.29) is 11.9 Å². The van der Waals surface area contributed by atoms with Crippen LogP contribution in [0.1, 0.15) is 24.8 Å². The predicted octanol–water partition coefficient (Wildman–Crippen LogP) is 2.80. The van der Waals surface area contributed by atoms with Crippen molar-refractivity contribution in [2.45, 2.75) is 31.8 Å². The Balaban J connectivity index is 1.65. The second-order valence-electron chi connectivity index (χ2n) is 6.06. The fourth-order valence-electron chi connectivity index (χ4n) is 3.68. The van der Waals surface area contributed by atoms with Crippen LogP contribution < -0.4 is 5.32 Å². The molecule has 1 aromatic rings. The smallest absolute Gasteiger partial charge is 0.240 e. The van der Waals surface area contributed by atoms with Crippen LogP contribution in [0.3, 0.4) is 0 Å². The minimum Gasteiger partial charge on any atom is -0.340 e. The lowest BCUT2D eigenvalue weighted by Crippen LogP contribution is -2.44. The molecular formula is C16H21BrN2O. The Kier molecular flexibility index (Phi) is 4.13. The second kappa shape index (κ2) is 5.86. The third-order valence-electron chi connectivity index (χ3n) is 4.70. The van der Waals surface area contributed by atoms with Gasteiger partial charge in [0.15, 0.2) is 0 Å². The largest absolute Gasteiger partial charge is 0.340 e. The molecule has 2 aliphatic rings. The number of nitrogens with one attached hydrogen (secondary N) is 1. The van der Waals surface area contributed by atoms with Crippen molar-refractivity contribution in [3.05, 3.63) is 34.3 Å². The molecule has 1 aliphatic carbocycles. The van der Waals surface area contributed by atoms with Gasteiger partial charge in [0.2, 0.25) is 5.91 Å². The molecular weight excluding hydrogens is 316 g/mol. The van der Waals surface area contributed by atoms with Crippen LogP contribution in [0.2, 0.25) is 0 Å². The van der Waals surface area contributed by atoms with E-state index in [1.54, 1.807) is 0 Å². The molecule has 1 saturated carbocycles. The first-order valence-corrected chi connectivity index (χ1v) is 8.17. The van der Waals surface area contributed by atoms with Crippen LogP contribution in [0.4, 0.5) is 0 Å². The van der Waals surface area contributed by atoms with E-state index >= 15 is 0 Å². The number of fused-ring (bicyclic) bond motifs is 1. The molecule has 0 radical (unpaired) electrons. The van der Waals surface area contributed by atoms with Crippen molar-refractivity contribution in [1.29, 1.82) is 0 Å². The lowest BCUT2D eigenvalue weighted by atomic mass is 9.93. The Morgan fingerprint density at radius 1 is 1.45 bits per heavy atom. The molecule has 1 aliphatic heterocycles. The van der Waals surface area contributed by atoms with Gasteiger partial charge in [-0.15, -0.1) is 0 Å². The number of amides is 1. The Bertz CT molecular complexity index is 505. The summed E-state index contributed by atoms with van der Waals surface area (Å²) in [6.07, 6.45) is 3.78. The topological polar surface area (TPSA) is 32.3 Å². The van der Waals surface area contributed by atoms with Gasteiger partial charge < -0.3 is 10.2 Å². The van der Waals surface area contributed by atoms with Crippen LogP contribution in [0.5, 0.6) is 0 Å². The first-order valence-electron chi connectivity index (χ1n) is 7.38. The van der Waals surface area contributed by atoms with Crippen LogP contribution in [-0.2, 0) is 11.3 Å². The Morgan fingerprint density at radius 2 is 2.30 bits per heavy atom. The molecule has 0 spiro atoms. The summed E-state index contributed by atoms with van der Waals surface area (Å²) in [5.41, 5.74) is 1.16. The van der Waals surface area contributed by atoms with Gasteiger partial charge in [-0.1, -0.05) is 34.5 Å². The second-order valence-corrected chi connectivity index (χ2v) is 6.98. The number of halogens is 1. The summed E-state index contributed by atoms with van der Waals surface area (Å²) < 4.78 is 1.06. The number of hydrogen-bond acceptors (Lipinski definition) is 2. The van der Waals surface area contributed by atoms with E-state index < -0.39 is 0 Å². The van der Waals surface area contributed by atoms with E-state index in [2.05, 4.69) is 33.4 Å². The summed E-state index contributed by atoms with van der Waals surface area (Å²) in [6.45, 7) is 1.69. The summed E-state index contributed by atoms with van der Waals surface area (Å²) in [5.74, 6) is 1.54. The molecule has 0 aromatic heterocycles. The predicted molar refractivity (Wildman–Crippen MR) is 83.2 cm³/mol. The number of nitrogens with zero attached hydrogens (tertiary/aromatic N) is 1. The number of rotatable bonds is 3. The Hall–Kier alpha value is -0.870. The quantitative estimate of drug-likeness (QED) is 0.920. The first kappa shape index (κ1) is 14.1. The Labute approximate surface area is 128 Å². The van der Waals surface area contributed by atoms with E-state index in [4.69, 9.17) is 0 Å². The summed E-state index contributed by atoms with van der Waals surface area (Å²) >= 11 is 3.48. The molecule has 1 saturated heterocycles. The zero-order valence-electron chi connectivity index (χ0n) is 11.8. The highest BCUT2D eigenvalue weighted by Crippen LogP contribution is 2.38. The van der Waals surface area contributed by atoms with Crippen molar-refractivity contribution in [3.63, 3.8) is 0 Å². The number of hydrogen-bond donors (Lipinski definition) is 1. The zero-order chi connectivity index (χ0) is 14.1. The van der Waals surface area contributed by atoms with Gasteiger partial charge in [0.25, 0.3) is 0 Å². The number of likely N-dealkylation sites (N-methyl/N-ethyl adjacent to an activating group) is 1. The highest BCUT2D eigenvalue weighted by Gasteiger charge is 2.43. The van der Waals surface area contributed by atoms with Gasteiger partial charge in [-0.2, -0.15) is 0 Å². The van der Waals surface area contributed by atoms with Crippen molar-refractivity contribution in [3.8, 4) is 0 Å². The van der Waals surface area contributed by atoms with Gasteiger partial charge in [0, 0.05) is 18.1 Å². The fourth-order valence-corrected chi connectivity index (χ4v) is 4.13. The minimum atomic E-state index is 0.0413.